The quantitative estimate of drug-likeness (QED) is 0.831. The average Bonchev–Trinajstić information content (AvgIpc) is 2.53. The van der Waals surface area contributed by atoms with Crippen LogP contribution in [0.3, 0.4) is 0 Å². The van der Waals surface area contributed by atoms with Crippen molar-refractivity contribution in [1.82, 2.24) is 5.32 Å². The molecule has 0 radical (unpaired) electrons. The normalized spacial score (nSPS) is 10.6. The summed E-state index contributed by atoms with van der Waals surface area (Å²) in [5.41, 5.74) is 1.73. The lowest BCUT2D eigenvalue weighted by Crippen LogP contribution is -2.20. The molecule has 114 valence electrons. The van der Waals surface area contributed by atoms with Gasteiger partial charge in [-0.25, -0.2) is 0 Å². The van der Waals surface area contributed by atoms with Crippen LogP contribution in [0.1, 0.15) is 11.1 Å². The van der Waals surface area contributed by atoms with Crippen molar-refractivity contribution in [3.8, 4) is 11.5 Å². The van der Waals surface area contributed by atoms with Crippen molar-refractivity contribution >= 4 is 23.6 Å². The molecule has 2 N–H and O–H groups in total. The van der Waals surface area contributed by atoms with Crippen LogP contribution < -0.4 is 10.1 Å². The maximum absolute atomic E-state index is 11.8. The van der Waals surface area contributed by atoms with Gasteiger partial charge in [0.2, 0.25) is 5.91 Å². The third-order valence-electron chi connectivity index (χ3n) is 3.01. The van der Waals surface area contributed by atoms with Crippen LogP contribution in [-0.4, -0.2) is 18.1 Å². The van der Waals surface area contributed by atoms with Crippen molar-refractivity contribution in [3.63, 3.8) is 0 Å². The summed E-state index contributed by atoms with van der Waals surface area (Å²) in [5, 5.41) is 12.9. The van der Waals surface area contributed by atoms with Crippen LogP contribution in [0.15, 0.2) is 48.5 Å². The first kappa shape index (κ1) is 15.9. The standard InChI is InChI=1S/C17H16ClNO3/c1-22-16-10-13(4-8-15(16)20)11-19-17(21)9-5-12-2-6-14(18)7-3-12/h2-10,20H,11H2,1H3,(H,19,21)/b9-5-. The number of benzene rings is 2. The summed E-state index contributed by atoms with van der Waals surface area (Å²) >= 11 is 5.80. The molecule has 0 atom stereocenters. The lowest BCUT2D eigenvalue weighted by Gasteiger charge is -2.07. The average molecular weight is 318 g/mol. The Morgan fingerprint density at radius 1 is 1.27 bits per heavy atom. The van der Waals surface area contributed by atoms with Gasteiger partial charge >= 0.3 is 0 Å². The number of phenolic OH excluding ortho intramolecular Hbond substituents is 1. The van der Waals surface area contributed by atoms with Crippen molar-refractivity contribution in [2.75, 3.05) is 7.11 Å². The number of phenols is 1. The van der Waals surface area contributed by atoms with E-state index < -0.39 is 0 Å². The zero-order valence-corrected chi connectivity index (χ0v) is 12.8. The fourth-order valence-electron chi connectivity index (χ4n) is 1.83. The van der Waals surface area contributed by atoms with Gasteiger partial charge in [-0.15, -0.1) is 0 Å². The molecule has 0 aromatic heterocycles. The summed E-state index contributed by atoms with van der Waals surface area (Å²) in [6.07, 6.45) is 3.17. The minimum Gasteiger partial charge on any atom is -0.504 e. The molecule has 5 heteroatoms. The molecule has 0 unspecified atom stereocenters. The molecule has 0 heterocycles. The van der Waals surface area contributed by atoms with Crippen molar-refractivity contribution in [2.45, 2.75) is 6.54 Å². The van der Waals surface area contributed by atoms with Crippen molar-refractivity contribution in [3.05, 3.63) is 64.7 Å². The first-order valence-electron chi connectivity index (χ1n) is 6.66. The van der Waals surface area contributed by atoms with Crippen LogP contribution in [0.5, 0.6) is 11.5 Å². The molecule has 0 saturated heterocycles. The predicted molar refractivity (Wildman–Crippen MR) is 87.0 cm³/mol. The Morgan fingerprint density at radius 2 is 2.00 bits per heavy atom. The monoisotopic (exact) mass is 317 g/mol. The van der Waals surface area contributed by atoms with E-state index in [2.05, 4.69) is 5.32 Å². The molecular weight excluding hydrogens is 302 g/mol. The van der Waals surface area contributed by atoms with Gasteiger partial charge in [-0.2, -0.15) is 0 Å². The Bertz CT molecular complexity index is 681. The highest BCUT2D eigenvalue weighted by molar-refractivity contribution is 6.30. The number of aromatic hydroxyl groups is 1. The van der Waals surface area contributed by atoms with E-state index in [0.29, 0.717) is 17.3 Å². The number of hydrogen-bond acceptors (Lipinski definition) is 3. The van der Waals surface area contributed by atoms with Gasteiger partial charge in [0.15, 0.2) is 11.5 Å². The van der Waals surface area contributed by atoms with Crippen LogP contribution in [0.2, 0.25) is 5.02 Å². The number of carbonyl (C=O) groups is 1. The van der Waals surface area contributed by atoms with Gasteiger partial charge in [0.25, 0.3) is 0 Å². The van der Waals surface area contributed by atoms with Crippen LogP contribution in [-0.2, 0) is 11.3 Å². The van der Waals surface area contributed by atoms with Gasteiger partial charge in [0.1, 0.15) is 0 Å². The third kappa shape index (κ3) is 4.53. The maximum atomic E-state index is 11.8. The Morgan fingerprint density at radius 3 is 2.68 bits per heavy atom. The number of methoxy groups -OCH3 is 1. The van der Waals surface area contributed by atoms with E-state index >= 15 is 0 Å². The summed E-state index contributed by atoms with van der Waals surface area (Å²) in [7, 11) is 1.48. The number of nitrogens with one attached hydrogen (secondary N) is 1. The molecule has 2 aromatic rings. The van der Waals surface area contributed by atoms with E-state index in [1.165, 1.54) is 19.3 Å². The third-order valence-corrected chi connectivity index (χ3v) is 3.26. The Labute approximate surface area is 134 Å². The summed E-state index contributed by atoms with van der Waals surface area (Å²) in [6, 6.07) is 12.1. The highest BCUT2D eigenvalue weighted by atomic mass is 35.5. The van der Waals surface area contributed by atoms with Gasteiger partial charge in [0.05, 0.1) is 7.11 Å². The van der Waals surface area contributed by atoms with Crippen molar-refractivity contribution < 1.29 is 14.6 Å². The molecule has 0 spiro atoms. The number of rotatable bonds is 5. The number of ether oxygens (including phenoxy) is 1. The zero-order valence-electron chi connectivity index (χ0n) is 12.0. The molecule has 2 aromatic carbocycles. The largest absolute Gasteiger partial charge is 0.504 e. The van der Waals surface area contributed by atoms with E-state index in [9.17, 15) is 9.90 Å². The fraction of sp³-hybridized carbons (Fsp3) is 0.118. The van der Waals surface area contributed by atoms with E-state index in [1.54, 1.807) is 30.3 Å². The molecule has 4 nitrogen and oxygen atoms in total. The second-order valence-corrected chi connectivity index (χ2v) is 5.05. The fourth-order valence-corrected chi connectivity index (χ4v) is 1.95. The molecule has 0 fully saturated rings. The SMILES string of the molecule is COc1cc(CNC(=O)/C=C\c2ccc(Cl)cc2)ccc1O. The number of hydrogen-bond donors (Lipinski definition) is 2. The Kier molecular flexibility index (Phi) is 5.44. The second-order valence-electron chi connectivity index (χ2n) is 4.61. The number of carbonyl (C=O) groups excluding carboxylic acids is 1. The molecule has 0 bridgehead atoms. The first-order valence-corrected chi connectivity index (χ1v) is 7.03. The molecule has 22 heavy (non-hydrogen) atoms. The summed E-state index contributed by atoms with van der Waals surface area (Å²) in [5.74, 6) is 0.241. The lowest BCUT2D eigenvalue weighted by atomic mass is 10.2. The Hall–Kier alpha value is -2.46. The van der Waals surface area contributed by atoms with Gasteiger partial charge in [-0.3, -0.25) is 4.79 Å². The topological polar surface area (TPSA) is 58.6 Å². The van der Waals surface area contributed by atoms with Crippen LogP contribution in [0, 0.1) is 0 Å². The van der Waals surface area contributed by atoms with Gasteiger partial charge in [-0.1, -0.05) is 29.8 Å². The molecule has 0 aliphatic carbocycles. The van der Waals surface area contributed by atoms with Crippen molar-refractivity contribution in [1.29, 1.82) is 0 Å². The summed E-state index contributed by atoms with van der Waals surface area (Å²) in [6.45, 7) is 0.348. The maximum Gasteiger partial charge on any atom is 0.244 e. The van der Waals surface area contributed by atoms with Crippen molar-refractivity contribution in [2.24, 2.45) is 0 Å². The Balaban J connectivity index is 1.91. The first-order chi connectivity index (χ1) is 10.6. The molecule has 0 saturated carbocycles. The van der Waals surface area contributed by atoms with Gasteiger partial charge in [-0.05, 0) is 41.5 Å². The second kappa shape index (κ2) is 7.52. The minimum absolute atomic E-state index is 0.0696. The summed E-state index contributed by atoms with van der Waals surface area (Å²) < 4.78 is 5.02. The van der Waals surface area contributed by atoms with Gasteiger partial charge in [0, 0.05) is 17.6 Å². The van der Waals surface area contributed by atoms with Crippen LogP contribution in [0.4, 0.5) is 0 Å². The van der Waals surface area contributed by atoms with Crippen LogP contribution in [0.25, 0.3) is 6.08 Å². The summed E-state index contributed by atoms with van der Waals surface area (Å²) in [4.78, 5) is 11.8. The minimum atomic E-state index is -0.206. The predicted octanol–water partition coefficient (Wildman–Crippen LogP) is 3.38. The van der Waals surface area contributed by atoms with Gasteiger partial charge < -0.3 is 15.2 Å². The lowest BCUT2D eigenvalue weighted by molar-refractivity contribution is -0.116. The molecule has 1 amide bonds. The molecule has 0 aliphatic heterocycles. The molecular formula is C17H16ClNO3. The highest BCUT2D eigenvalue weighted by Crippen LogP contribution is 2.26. The number of amides is 1. The number of halogens is 1. The van der Waals surface area contributed by atoms with E-state index in [-0.39, 0.29) is 11.7 Å². The zero-order chi connectivity index (χ0) is 15.9. The van der Waals surface area contributed by atoms with Crippen LogP contribution >= 0.6 is 11.6 Å². The molecule has 0 aliphatic rings. The van der Waals surface area contributed by atoms with E-state index in [0.717, 1.165) is 11.1 Å². The molecule has 2 rings (SSSR count). The van der Waals surface area contributed by atoms with E-state index in [1.807, 2.05) is 12.1 Å². The highest BCUT2D eigenvalue weighted by Gasteiger charge is 2.03. The van der Waals surface area contributed by atoms with E-state index in [4.69, 9.17) is 16.3 Å². The smallest absolute Gasteiger partial charge is 0.244 e.